The van der Waals surface area contributed by atoms with Gasteiger partial charge in [-0.25, -0.2) is 0 Å². The minimum Gasteiger partial charge on any atom is -0.0849 e. The summed E-state index contributed by atoms with van der Waals surface area (Å²) in [7, 11) is 0. The lowest BCUT2D eigenvalue weighted by Gasteiger charge is -2.23. The maximum atomic E-state index is 2.52. The van der Waals surface area contributed by atoms with Gasteiger partial charge in [0.25, 0.3) is 0 Å². The lowest BCUT2D eigenvalue weighted by atomic mass is 10.0. The summed E-state index contributed by atoms with van der Waals surface area (Å²) in [4.78, 5) is 0. The highest BCUT2D eigenvalue weighted by Gasteiger charge is 2.21. The fourth-order valence-electron chi connectivity index (χ4n) is 0.154. The molecule has 0 saturated heterocycles. The van der Waals surface area contributed by atoms with Crippen LogP contribution in [-0.4, -0.2) is 7.85 Å². The summed E-state index contributed by atoms with van der Waals surface area (Å²) in [5.74, 6) is 0.792. The first-order valence-electron chi connectivity index (χ1n) is 2.75. The molecule has 0 spiro atoms. The zero-order valence-electron chi connectivity index (χ0n) is 5.54. The highest BCUT2D eigenvalue weighted by Crippen LogP contribution is 2.29. The Morgan fingerprint density at radius 2 is 1.88 bits per heavy atom. The molecular formula is C6H12I2. The van der Waals surface area contributed by atoms with Gasteiger partial charge in [-0.2, -0.15) is 0 Å². The fraction of sp³-hybridized carbons (Fsp3) is 1.00. The highest BCUT2D eigenvalue weighted by molar-refractivity contribution is 14.1. The molecule has 0 rings (SSSR count). The average Bonchev–Trinajstić information content (AvgIpc) is 1.67. The molecule has 0 N–H and O–H groups in total. The maximum absolute atomic E-state index is 2.52. The largest absolute Gasteiger partial charge is 0.0849 e. The summed E-state index contributed by atoms with van der Waals surface area (Å²) in [5.41, 5.74) is 0. The minimum atomic E-state index is 0.498. The van der Waals surface area contributed by atoms with E-state index in [1.54, 1.807) is 0 Å². The van der Waals surface area contributed by atoms with Crippen LogP contribution >= 0.6 is 45.2 Å². The first kappa shape index (κ1) is 9.46. The van der Waals surface area contributed by atoms with Gasteiger partial charge in [-0.3, -0.25) is 0 Å². The van der Waals surface area contributed by atoms with Crippen molar-refractivity contribution in [3.8, 4) is 0 Å². The third-order valence-corrected chi connectivity index (χ3v) is 6.14. The molecule has 0 aliphatic heterocycles. The summed E-state index contributed by atoms with van der Waals surface area (Å²) in [6, 6.07) is 0. The molecule has 0 aliphatic carbocycles. The third-order valence-electron chi connectivity index (χ3n) is 1.47. The Labute approximate surface area is 79.1 Å². The van der Waals surface area contributed by atoms with Crippen molar-refractivity contribution in [2.24, 2.45) is 5.92 Å². The standard InChI is InChI=1S/C6H12I2/c1-5(2)6(3,8)4-7/h5H,4H2,1-3H3. The van der Waals surface area contributed by atoms with Crippen molar-refractivity contribution in [1.82, 2.24) is 0 Å². The lowest BCUT2D eigenvalue weighted by molar-refractivity contribution is 0.540. The predicted octanol–water partition coefficient (Wildman–Crippen LogP) is 3.27. The number of rotatable bonds is 2. The van der Waals surface area contributed by atoms with Gasteiger partial charge in [-0.05, 0) is 12.8 Å². The predicted molar refractivity (Wildman–Crippen MR) is 56.2 cm³/mol. The lowest BCUT2D eigenvalue weighted by Crippen LogP contribution is -2.24. The van der Waals surface area contributed by atoms with Crippen LogP contribution in [0.15, 0.2) is 0 Å². The first-order valence-corrected chi connectivity index (χ1v) is 5.36. The van der Waals surface area contributed by atoms with E-state index < -0.39 is 0 Å². The molecule has 1 atom stereocenters. The molecular weight excluding hydrogens is 326 g/mol. The monoisotopic (exact) mass is 338 g/mol. The fourth-order valence-corrected chi connectivity index (χ4v) is 1.04. The molecule has 0 bridgehead atoms. The van der Waals surface area contributed by atoms with Gasteiger partial charge >= 0.3 is 0 Å². The summed E-state index contributed by atoms with van der Waals surface area (Å²) >= 11 is 4.96. The van der Waals surface area contributed by atoms with Gasteiger partial charge in [-0.1, -0.05) is 59.0 Å². The number of halogens is 2. The topological polar surface area (TPSA) is 0 Å². The van der Waals surface area contributed by atoms with Gasteiger partial charge in [0.2, 0.25) is 0 Å². The maximum Gasteiger partial charge on any atom is 0.0306 e. The van der Waals surface area contributed by atoms with Gasteiger partial charge in [0.05, 0.1) is 0 Å². The molecule has 8 heavy (non-hydrogen) atoms. The Morgan fingerprint density at radius 3 is 1.88 bits per heavy atom. The van der Waals surface area contributed by atoms with Gasteiger partial charge in [0.15, 0.2) is 0 Å². The zero-order chi connectivity index (χ0) is 6.78. The molecule has 0 nitrogen and oxygen atoms in total. The molecule has 2 heteroatoms. The van der Waals surface area contributed by atoms with E-state index in [1.165, 1.54) is 4.43 Å². The molecule has 0 fully saturated rings. The third kappa shape index (κ3) is 2.85. The van der Waals surface area contributed by atoms with Crippen LogP contribution in [0.5, 0.6) is 0 Å². The smallest absolute Gasteiger partial charge is 0.0306 e. The Balaban J connectivity index is 3.71. The number of alkyl halides is 2. The van der Waals surface area contributed by atoms with Crippen LogP contribution in [-0.2, 0) is 0 Å². The van der Waals surface area contributed by atoms with E-state index in [9.17, 15) is 0 Å². The van der Waals surface area contributed by atoms with Crippen LogP contribution < -0.4 is 0 Å². The quantitative estimate of drug-likeness (QED) is 0.536. The molecule has 0 amide bonds. The molecule has 1 unspecified atom stereocenters. The molecule has 0 radical (unpaired) electrons. The van der Waals surface area contributed by atoms with Crippen molar-refractivity contribution in [3.63, 3.8) is 0 Å². The van der Waals surface area contributed by atoms with Crippen LogP contribution in [0.3, 0.4) is 0 Å². The second kappa shape index (κ2) is 3.58. The Kier molecular flexibility index (Phi) is 4.24. The molecule has 0 aliphatic rings. The van der Waals surface area contributed by atoms with E-state index in [-0.39, 0.29) is 0 Å². The van der Waals surface area contributed by atoms with Crippen molar-refractivity contribution in [2.75, 3.05) is 4.43 Å². The van der Waals surface area contributed by atoms with E-state index in [0.29, 0.717) is 3.42 Å². The molecule has 0 saturated carbocycles. The first-order chi connectivity index (χ1) is 3.50. The minimum absolute atomic E-state index is 0.498. The second-order valence-corrected chi connectivity index (χ2v) is 5.79. The van der Waals surface area contributed by atoms with Crippen LogP contribution in [0.1, 0.15) is 20.8 Å². The van der Waals surface area contributed by atoms with E-state index >= 15 is 0 Å². The van der Waals surface area contributed by atoms with Crippen LogP contribution in [0.4, 0.5) is 0 Å². The van der Waals surface area contributed by atoms with E-state index in [1.807, 2.05) is 0 Å². The van der Waals surface area contributed by atoms with Gasteiger partial charge in [0.1, 0.15) is 0 Å². The molecule has 0 aromatic carbocycles. The van der Waals surface area contributed by atoms with Crippen molar-refractivity contribution >= 4 is 45.2 Å². The Morgan fingerprint density at radius 1 is 1.50 bits per heavy atom. The number of hydrogen-bond acceptors (Lipinski definition) is 0. The van der Waals surface area contributed by atoms with E-state index in [2.05, 4.69) is 66.0 Å². The van der Waals surface area contributed by atoms with Crippen molar-refractivity contribution in [3.05, 3.63) is 0 Å². The molecule has 0 aromatic heterocycles. The highest BCUT2D eigenvalue weighted by atomic mass is 127. The van der Waals surface area contributed by atoms with Gasteiger partial charge in [-0.15, -0.1) is 0 Å². The second-order valence-electron chi connectivity index (χ2n) is 2.57. The number of hydrogen-bond donors (Lipinski definition) is 0. The zero-order valence-corrected chi connectivity index (χ0v) is 9.86. The summed E-state index contributed by atoms with van der Waals surface area (Å²) in [5, 5.41) is 0. The van der Waals surface area contributed by atoms with Crippen molar-refractivity contribution in [2.45, 2.75) is 24.2 Å². The van der Waals surface area contributed by atoms with Crippen LogP contribution in [0.25, 0.3) is 0 Å². The van der Waals surface area contributed by atoms with E-state index in [0.717, 1.165) is 5.92 Å². The molecule has 50 valence electrons. The van der Waals surface area contributed by atoms with Crippen LogP contribution in [0.2, 0.25) is 0 Å². The van der Waals surface area contributed by atoms with Gasteiger partial charge < -0.3 is 0 Å². The summed E-state index contributed by atoms with van der Waals surface area (Å²) in [6.07, 6.45) is 0. The van der Waals surface area contributed by atoms with Crippen molar-refractivity contribution < 1.29 is 0 Å². The molecule has 0 heterocycles. The average molecular weight is 338 g/mol. The van der Waals surface area contributed by atoms with E-state index in [4.69, 9.17) is 0 Å². The summed E-state index contributed by atoms with van der Waals surface area (Å²) in [6.45, 7) is 6.83. The summed E-state index contributed by atoms with van der Waals surface area (Å²) < 4.78 is 1.74. The van der Waals surface area contributed by atoms with Crippen molar-refractivity contribution in [1.29, 1.82) is 0 Å². The van der Waals surface area contributed by atoms with Gasteiger partial charge in [0, 0.05) is 7.85 Å². The SMILES string of the molecule is CC(C)C(C)(I)CI. The molecule has 0 aromatic rings. The van der Waals surface area contributed by atoms with Crippen LogP contribution in [0, 0.1) is 5.92 Å². The normalized spacial score (nSPS) is 18.8. The Hall–Kier alpha value is 1.46. The Bertz CT molecular complexity index is 66.9.